The van der Waals surface area contributed by atoms with E-state index in [9.17, 15) is 4.39 Å². The SMILES string of the molecule is CCNC(=NCc1c(C)nn(C)c1C)NCCCN1CCN(c2ccccc2F)CC1.I. The second-order valence-electron chi connectivity index (χ2n) is 8.03. The smallest absolute Gasteiger partial charge is 0.191 e. The Bertz CT molecular complexity index is 875. The van der Waals surface area contributed by atoms with Crippen molar-refractivity contribution >= 4 is 35.6 Å². The molecule has 0 atom stereocenters. The Morgan fingerprint density at radius 2 is 1.84 bits per heavy atom. The number of aliphatic imine (C=N–C) groups is 1. The van der Waals surface area contributed by atoms with Crippen molar-refractivity contribution in [1.29, 1.82) is 0 Å². The van der Waals surface area contributed by atoms with Crippen LogP contribution in [0.3, 0.4) is 0 Å². The summed E-state index contributed by atoms with van der Waals surface area (Å²) < 4.78 is 15.9. The van der Waals surface area contributed by atoms with Crippen molar-refractivity contribution in [2.75, 3.05) is 50.7 Å². The molecule has 2 N–H and O–H groups in total. The second kappa shape index (κ2) is 13.0. The van der Waals surface area contributed by atoms with E-state index in [1.54, 1.807) is 6.07 Å². The number of nitrogens with one attached hydrogen (secondary N) is 2. The lowest BCUT2D eigenvalue weighted by Gasteiger charge is -2.36. The van der Waals surface area contributed by atoms with Gasteiger partial charge in [-0.25, -0.2) is 9.38 Å². The van der Waals surface area contributed by atoms with E-state index in [-0.39, 0.29) is 29.8 Å². The predicted octanol–water partition coefficient (Wildman–Crippen LogP) is 3.06. The van der Waals surface area contributed by atoms with Crippen molar-refractivity contribution in [2.24, 2.45) is 12.0 Å². The van der Waals surface area contributed by atoms with Crippen LogP contribution in [0.15, 0.2) is 29.3 Å². The largest absolute Gasteiger partial charge is 0.367 e. The minimum atomic E-state index is -0.132. The second-order valence-corrected chi connectivity index (χ2v) is 8.03. The molecule has 0 aliphatic carbocycles. The molecule has 1 aliphatic heterocycles. The number of halogens is 2. The summed E-state index contributed by atoms with van der Waals surface area (Å²) >= 11 is 0. The minimum absolute atomic E-state index is 0. The van der Waals surface area contributed by atoms with Crippen molar-refractivity contribution in [1.82, 2.24) is 25.3 Å². The van der Waals surface area contributed by atoms with Crippen molar-refractivity contribution in [3.8, 4) is 0 Å². The Labute approximate surface area is 208 Å². The van der Waals surface area contributed by atoms with Gasteiger partial charge in [-0.2, -0.15) is 5.10 Å². The van der Waals surface area contributed by atoms with E-state index in [0.717, 1.165) is 75.3 Å². The molecular weight excluding hydrogens is 520 g/mol. The third-order valence-electron chi connectivity index (χ3n) is 5.91. The molecule has 0 saturated carbocycles. The topological polar surface area (TPSA) is 60.7 Å². The highest BCUT2D eigenvalue weighted by Crippen LogP contribution is 2.20. The Balaban J connectivity index is 0.00000363. The highest BCUT2D eigenvalue weighted by atomic mass is 127. The first-order valence-electron chi connectivity index (χ1n) is 11.2. The zero-order chi connectivity index (χ0) is 22.2. The molecule has 0 unspecified atom stereocenters. The number of rotatable bonds is 8. The first kappa shape index (κ1) is 26.4. The molecule has 7 nitrogen and oxygen atoms in total. The first-order chi connectivity index (χ1) is 15.0. The molecular formula is C23H37FIN7. The molecule has 0 radical (unpaired) electrons. The van der Waals surface area contributed by atoms with Gasteiger partial charge in [-0.15, -0.1) is 24.0 Å². The highest BCUT2D eigenvalue weighted by molar-refractivity contribution is 14.0. The van der Waals surface area contributed by atoms with Crippen molar-refractivity contribution < 1.29 is 4.39 Å². The van der Waals surface area contributed by atoms with Crippen LogP contribution < -0.4 is 15.5 Å². The summed E-state index contributed by atoms with van der Waals surface area (Å²) in [6.07, 6.45) is 1.04. The molecule has 2 aromatic rings. The number of aromatic nitrogens is 2. The summed E-state index contributed by atoms with van der Waals surface area (Å²) in [5.41, 5.74) is 4.10. The van der Waals surface area contributed by atoms with E-state index in [1.165, 1.54) is 11.6 Å². The molecule has 2 heterocycles. The summed E-state index contributed by atoms with van der Waals surface area (Å²) in [5, 5.41) is 11.2. The van der Waals surface area contributed by atoms with E-state index >= 15 is 0 Å². The molecule has 178 valence electrons. The molecule has 1 aliphatic rings. The van der Waals surface area contributed by atoms with Crippen LogP contribution in [0.1, 0.15) is 30.3 Å². The third kappa shape index (κ3) is 7.06. The van der Waals surface area contributed by atoms with Gasteiger partial charge in [-0.1, -0.05) is 12.1 Å². The van der Waals surface area contributed by atoms with Gasteiger partial charge in [0.2, 0.25) is 0 Å². The van der Waals surface area contributed by atoms with Crippen LogP contribution in [0.4, 0.5) is 10.1 Å². The fourth-order valence-electron chi connectivity index (χ4n) is 3.98. The van der Waals surface area contributed by atoms with E-state index in [1.807, 2.05) is 30.8 Å². The number of nitrogens with zero attached hydrogens (tertiary/aromatic N) is 5. The van der Waals surface area contributed by atoms with Crippen LogP contribution in [0, 0.1) is 19.7 Å². The maximum absolute atomic E-state index is 14.0. The maximum Gasteiger partial charge on any atom is 0.191 e. The highest BCUT2D eigenvalue weighted by Gasteiger charge is 2.18. The molecule has 1 fully saturated rings. The first-order valence-corrected chi connectivity index (χ1v) is 11.2. The van der Waals surface area contributed by atoms with Gasteiger partial charge in [0, 0.05) is 57.6 Å². The zero-order valence-corrected chi connectivity index (χ0v) is 22.0. The molecule has 1 aromatic heterocycles. The summed E-state index contributed by atoms with van der Waals surface area (Å²) in [7, 11) is 1.97. The molecule has 0 amide bonds. The average molecular weight is 558 g/mol. The van der Waals surface area contributed by atoms with Crippen molar-refractivity contribution in [2.45, 2.75) is 33.7 Å². The number of anilines is 1. The van der Waals surface area contributed by atoms with Gasteiger partial charge in [0.25, 0.3) is 0 Å². The standard InChI is InChI=1S/C23H36FN7.HI/c1-5-25-23(27-17-20-18(2)28-29(4)19(20)3)26-11-8-12-30-13-15-31(16-14-30)22-10-7-6-9-21(22)24;/h6-7,9-10H,5,8,11-17H2,1-4H3,(H2,25,26,27);1H. The summed E-state index contributed by atoms with van der Waals surface area (Å²) in [6.45, 7) is 13.2. The van der Waals surface area contributed by atoms with Gasteiger partial charge < -0.3 is 15.5 Å². The Hall–Kier alpha value is -1.88. The van der Waals surface area contributed by atoms with Gasteiger partial charge in [-0.3, -0.25) is 9.58 Å². The number of guanidine groups is 1. The molecule has 3 rings (SSSR count). The number of hydrogen-bond acceptors (Lipinski definition) is 4. The normalized spacial score (nSPS) is 14.9. The van der Waals surface area contributed by atoms with Crippen LogP contribution in [0.2, 0.25) is 0 Å². The number of benzene rings is 1. The Morgan fingerprint density at radius 3 is 2.47 bits per heavy atom. The van der Waals surface area contributed by atoms with Crippen molar-refractivity contribution in [3.05, 3.63) is 47.0 Å². The van der Waals surface area contributed by atoms with Crippen LogP contribution in [-0.2, 0) is 13.6 Å². The lowest BCUT2D eigenvalue weighted by atomic mass is 10.2. The average Bonchev–Trinajstić information content (AvgIpc) is 3.01. The molecule has 0 bridgehead atoms. The quantitative estimate of drug-likeness (QED) is 0.226. The van der Waals surface area contributed by atoms with E-state index in [2.05, 4.69) is 39.4 Å². The minimum Gasteiger partial charge on any atom is -0.367 e. The Kier molecular flexibility index (Phi) is 10.7. The lowest BCUT2D eigenvalue weighted by molar-refractivity contribution is 0.254. The summed E-state index contributed by atoms with van der Waals surface area (Å²) in [6, 6.07) is 7.04. The number of piperazine rings is 1. The van der Waals surface area contributed by atoms with E-state index < -0.39 is 0 Å². The summed E-state index contributed by atoms with van der Waals surface area (Å²) in [4.78, 5) is 9.33. The number of aryl methyl sites for hydroxylation is 2. The number of para-hydroxylation sites is 1. The molecule has 0 spiro atoms. The van der Waals surface area contributed by atoms with Crippen LogP contribution in [0.5, 0.6) is 0 Å². The van der Waals surface area contributed by atoms with Crippen LogP contribution in [0.25, 0.3) is 0 Å². The predicted molar refractivity (Wildman–Crippen MR) is 141 cm³/mol. The van der Waals surface area contributed by atoms with Gasteiger partial charge in [0.05, 0.1) is 17.9 Å². The summed E-state index contributed by atoms with van der Waals surface area (Å²) in [5.74, 6) is 0.710. The fraction of sp³-hybridized carbons (Fsp3) is 0.565. The monoisotopic (exact) mass is 557 g/mol. The van der Waals surface area contributed by atoms with Crippen LogP contribution >= 0.6 is 24.0 Å². The van der Waals surface area contributed by atoms with E-state index in [0.29, 0.717) is 6.54 Å². The zero-order valence-electron chi connectivity index (χ0n) is 19.7. The van der Waals surface area contributed by atoms with Gasteiger partial charge in [0.1, 0.15) is 5.82 Å². The lowest BCUT2D eigenvalue weighted by Crippen LogP contribution is -2.47. The molecule has 9 heteroatoms. The van der Waals surface area contributed by atoms with Gasteiger partial charge >= 0.3 is 0 Å². The molecule has 1 saturated heterocycles. The van der Waals surface area contributed by atoms with Gasteiger partial charge in [-0.05, 0) is 45.9 Å². The third-order valence-corrected chi connectivity index (χ3v) is 5.91. The number of hydrogen-bond donors (Lipinski definition) is 2. The van der Waals surface area contributed by atoms with Crippen LogP contribution in [-0.4, -0.2) is 66.5 Å². The Morgan fingerprint density at radius 1 is 1.12 bits per heavy atom. The van der Waals surface area contributed by atoms with E-state index in [4.69, 9.17) is 4.99 Å². The molecule has 1 aromatic carbocycles. The maximum atomic E-state index is 14.0. The fourth-order valence-corrected chi connectivity index (χ4v) is 3.98. The van der Waals surface area contributed by atoms with Crippen molar-refractivity contribution in [3.63, 3.8) is 0 Å². The molecule has 32 heavy (non-hydrogen) atoms. The van der Waals surface area contributed by atoms with Gasteiger partial charge in [0.15, 0.2) is 5.96 Å².